The van der Waals surface area contributed by atoms with Crippen molar-refractivity contribution in [1.82, 2.24) is 4.90 Å². The van der Waals surface area contributed by atoms with E-state index in [0.29, 0.717) is 5.41 Å². The molecule has 1 atom stereocenters. The monoisotopic (exact) mass is 422 g/mol. The number of ether oxygens (including phenoxy) is 1. The predicted octanol–water partition coefficient (Wildman–Crippen LogP) is 6.17. The van der Waals surface area contributed by atoms with Gasteiger partial charge in [-0.15, -0.1) is 0 Å². The van der Waals surface area contributed by atoms with E-state index in [1.165, 1.54) is 29.7 Å². The number of hydrogen-bond donors (Lipinski definition) is 0. The molecule has 1 heterocycles. The number of benzene rings is 2. The number of nitrogens with zero attached hydrogens (tertiary/aromatic N) is 2. The third-order valence-corrected chi connectivity index (χ3v) is 6.70. The lowest BCUT2D eigenvalue weighted by molar-refractivity contribution is -0.109. The van der Waals surface area contributed by atoms with Crippen LogP contribution in [-0.2, 0) is 17.7 Å². The van der Waals surface area contributed by atoms with Gasteiger partial charge < -0.3 is 9.64 Å². The molecule has 3 rings (SSSR count). The van der Waals surface area contributed by atoms with Crippen LogP contribution in [0.1, 0.15) is 57.6 Å². The summed E-state index contributed by atoms with van der Waals surface area (Å²) in [6, 6.07) is 20.1. The first-order valence-corrected chi connectivity index (χ1v) is 12.0. The average molecular weight is 423 g/mol. The third-order valence-electron chi connectivity index (χ3n) is 6.70. The molecule has 0 bridgehead atoms. The lowest BCUT2D eigenvalue weighted by atomic mass is 9.68. The van der Waals surface area contributed by atoms with E-state index in [0.717, 1.165) is 45.5 Å². The average Bonchev–Trinajstić information content (AvgIpc) is 2.73. The Morgan fingerprint density at radius 3 is 2.23 bits per heavy atom. The van der Waals surface area contributed by atoms with Crippen LogP contribution in [0.3, 0.4) is 0 Å². The minimum Gasteiger partial charge on any atom is -0.378 e. The van der Waals surface area contributed by atoms with Gasteiger partial charge in [-0.25, -0.2) is 0 Å². The molecule has 31 heavy (non-hydrogen) atoms. The Morgan fingerprint density at radius 1 is 0.903 bits per heavy atom. The van der Waals surface area contributed by atoms with Crippen molar-refractivity contribution in [3.05, 3.63) is 65.7 Å². The topological polar surface area (TPSA) is 15.7 Å². The molecule has 1 aliphatic heterocycles. The summed E-state index contributed by atoms with van der Waals surface area (Å²) < 4.78 is 6.12. The first-order chi connectivity index (χ1) is 14.8. The van der Waals surface area contributed by atoms with Gasteiger partial charge in [0.05, 0.1) is 5.60 Å². The van der Waals surface area contributed by atoms with Gasteiger partial charge in [-0.2, -0.15) is 0 Å². The molecule has 1 saturated heterocycles. The van der Waals surface area contributed by atoms with E-state index in [4.69, 9.17) is 4.74 Å². The Labute approximate surface area is 190 Å². The SMILES string of the molecule is CCCN(CCC1(Cc2ccccc2)CCOC(C)(C)C1)Cc1ccc(N(C)C)cc1. The van der Waals surface area contributed by atoms with Gasteiger partial charge in [-0.05, 0) is 87.7 Å². The van der Waals surface area contributed by atoms with Crippen LogP contribution in [0.5, 0.6) is 0 Å². The zero-order chi connectivity index (χ0) is 22.3. The Bertz CT molecular complexity index is 784. The standard InChI is InChI=1S/C28H42N2O/c1-6-18-30(22-25-12-14-26(15-13-25)29(4)5)19-16-28(17-20-31-27(2,3)23-28)21-24-10-8-7-9-11-24/h7-15H,6,16-23H2,1-5H3. The predicted molar refractivity (Wildman–Crippen MR) is 133 cm³/mol. The van der Waals surface area contributed by atoms with Crippen molar-refractivity contribution in [2.45, 2.75) is 65.0 Å². The van der Waals surface area contributed by atoms with Crippen LogP contribution in [0.25, 0.3) is 0 Å². The highest BCUT2D eigenvalue weighted by molar-refractivity contribution is 5.45. The zero-order valence-corrected chi connectivity index (χ0v) is 20.4. The maximum absolute atomic E-state index is 6.12. The van der Waals surface area contributed by atoms with E-state index < -0.39 is 0 Å². The minimum atomic E-state index is -0.0371. The maximum atomic E-state index is 6.12. The lowest BCUT2D eigenvalue weighted by Gasteiger charge is -2.46. The second-order valence-electron chi connectivity index (χ2n) is 10.3. The smallest absolute Gasteiger partial charge is 0.0631 e. The summed E-state index contributed by atoms with van der Waals surface area (Å²) in [7, 11) is 4.19. The van der Waals surface area contributed by atoms with E-state index in [-0.39, 0.29) is 5.60 Å². The van der Waals surface area contributed by atoms with Crippen molar-refractivity contribution in [2.24, 2.45) is 5.41 Å². The molecule has 3 nitrogen and oxygen atoms in total. The van der Waals surface area contributed by atoms with E-state index in [1.807, 2.05) is 0 Å². The van der Waals surface area contributed by atoms with E-state index in [2.05, 4.69) is 99.3 Å². The van der Waals surface area contributed by atoms with Crippen molar-refractivity contribution in [2.75, 3.05) is 38.7 Å². The lowest BCUT2D eigenvalue weighted by Crippen LogP contribution is -2.44. The van der Waals surface area contributed by atoms with E-state index in [1.54, 1.807) is 0 Å². The highest BCUT2D eigenvalue weighted by Gasteiger charge is 2.40. The summed E-state index contributed by atoms with van der Waals surface area (Å²) in [5.41, 5.74) is 4.40. The summed E-state index contributed by atoms with van der Waals surface area (Å²) in [6.07, 6.45) is 5.86. The fourth-order valence-electron chi connectivity index (χ4n) is 5.21. The number of anilines is 1. The van der Waals surface area contributed by atoms with Crippen molar-refractivity contribution in [3.63, 3.8) is 0 Å². The van der Waals surface area contributed by atoms with Crippen molar-refractivity contribution in [1.29, 1.82) is 0 Å². The molecule has 1 unspecified atom stereocenters. The quantitative estimate of drug-likeness (QED) is 0.455. The van der Waals surface area contributed by atoms with Crippen molar-refractivity contribution >= 4 is 5.69 Å². The molecular weight excluding hydrogens is 380 g/mol. The maximum Gasteiger partial charge on any atom is 0.0631 e. The molecule has 0 amide bonds. The van der Waals surface area contributed by atoms with E-state index >= 15 is 0 Å². The van der Waals surface area contributed by atoms with Crippen LogP contribution in [-0.4, -0.2) is 44.3 Å². The summed E-state index contributed by atoms with van der Waals surface area (Å²) in [6.45, 7) is 11.0. The second-order valence-corrected chi connectivity index (χ2v) is 10.3. The van der Waals surface area contributed by atoms with Crippen LogP contribution in [0.4, 0.5) is 5.69 Å². The van der Waals surface area contributed by atoms with E-state index in [9.17, 15) is 0 Å². The molecule has 1 fully saturated rings. The molecule has 0 spiro atoms. The molecule has 1 aliphatic rings. The van der Waals surface area contributed by atoms with Crippen LogP contribution in [0.2, 0.25) is 0 Å². The van der Waals surface area contributed by atoms with Crippen molar-refractivity contribution in [3.8, 4) is 0 Å². The van der Waals surface area contributed by atoms with Gasteiger partial charge in [0.1, 0.15) is 0 Å². The summed E-state index contributed by atoms with van der Waals surface area (Å²) in [4.78, 5) is 4.81. The number of hydrogen-bond acceptors (Lipinski definition) is 3. The molecule has 0 radical (unpaired) electrons. The fourth-order valence-corrected chi connectivity index (χ4v) is 5.21. The Hall–Kier alpha value is -1.84. The highest BCUT2D eigenvalue weighted by Crippen LogP contribution is 2.44. The molecule has 3 heteroatoms. The van der Waals surface area contributed by atoms with Gasteiger partial charge in [0.2, 0.25) is 0 Å². The zero-order valence-electron chi connectivity index (χ0n) is 20.4. The molecule has 0 N–H and O–H groups in total. The van der Waals surface area contributed by atoms with Gasteiger partial charge in [0.25, 0.3) is 0 Å². The molecule has 2 aromatic carbocycles. The van der Waals surface area contributed by atoms with Gasteiger partial charge in [0, 0.05) is 32.9 Å². The first-order valence-electron chi connectivity index (χ1n) is 12.0. The molecule has 0 saturated carbocycles. The first kappa shape index (κ1) is 23.8. The Morgan fingerprint density at radius 2 is 1.61 bits per heavy atom. The molecule has 0 aliphatic carbocycles. The minimum absolute atomic E-state index is 0.0371. The van der Waals surface area contributed by atoms with Gasteiger partial charge in [0.15, 0.2) is 0 Å². The highest BCUT2D eigenvalue weighted by atomic mass is 16.5. The normalized spacial score (nSPS) is 20.7. The molecule has 170 valence electrons. The van der Waals surface area contributed by atoms with Crippen LogP contribution < -0.4 is 4.90 Å². The second kappa shape index (κ2) is 10.7. The molecule has 0 aromatic heterocycles. The van der Waals surface area contributed by atoms with Gasteiger partial charge in [-0.3, -0.25) is 4.90 Å². The summed E-state index contributed by atoms with van der Waals surface area (Å²) in [5, 5.41) is 0. The van der Waals surface area contributed by atoms with Crippen molar-refractivity contribution < 1.29 is 4.74 Å². The Kier molecular flexibility index (Phi) is 8.18. The van der Waals surface area contributed by atoms with Crippen LogP contribution in [0.15, 0.2) is 54.6 Å². The van der Waals surface area contributed by atoms with Crippen LogP contribution in [0, 0.1) is 5.41 Å². The summed E-state index contributed by atoms with van der Waals surface area (Å²) in [5.74, 6) is 0. The number of rotatable bonds is 10. The Balaban J connectivity index is 1.71. The largest absolute Gasteiger partial charge is 0.378 e. The third kappa shape index (κ3) is 7.08. The summed E-state index contributed by atoms with van der Waals surface area (Å²) >= 11 is 0. The molecular formula is C28H42N2O. The fraction of sp³-hybridized carbons (Fsp3) is 0.571. The van der Waals surface area contributed by atoms with Gasteiger partial charge >= 0.3 is 0 Å². The molecule has 2 aromatic rings. The van der Waals surface area contributed by atoms with Crippen LogP contribution >= 0.6 is 0 Å². The van der Waals surface area contributed by atoms with Gasteiger partial charge in [-0.1, -0.05) is 49.4 Å².